The van der Waals surface area contributed by atoms with Crippen molar-refractivity contribution in [3.05, 3.63) is 0 Å². The Bertz CT molecular complexity index is 189. The number of methoxy groups -OCH3 is 1. The largest absolute Gasteiger partial charge is 0.380 e. The highest BCUT2D eigenvalue weighted by Crippen LogP contribution is 1.97. The highest BCUT2D eigenvalue weighted by atomic mass is 35.5. The van der Waals surface area contributed by atoms with E-state index in [-0.39, 0.29) is 24.3 Å². The average molecular weight is 218 g/mol. The standard InChI is InChI=1S/C6H15NO3S.ClH/c1-10-6(5-7)3-4-11(2,8)9;/h6H,3-5,7H2,1-2H3;1H. The van der Waals surface area contributed by atoms with E-state index >= 15 is 0 Å². The zero-order valence-corrected chi connectivity index (χ0v) is 8.95. The van der Waals surface area contributed by atoms with Crippen molar-refractivity contribution in [2.75, 3.05) is 25.7 Å². The van der Waals surface area contributed by atoms with Crippen LogP contribution in [-0.2, 0) is 14.6 Å². The molecular formula is C6H16ClNO3S. The summed E-state index contributed by atoms with van der Waals surface area (Å²) in [6, 6.07) is 0. The average Bonchev–Trinajstić information content (AvgIpc) is 1.88. The van der Waals surface area contributed by atoms with Crippen LogP contribution in [0.2, 0.25) is 0 Å². The molecule has 0 bridgehead atoms. The molecule has 0 spiro atoms. The molecule has 0 saturated carbocycles. The van der Waals surface area contributed by atoms with Gasteiger partial charge in [-0.2, -0.15) is 0 Å². The normalized spacial score (nSPS) is 13.6. The van der Waals surface area contributed by atoms with Gasteiger partial charge in [-0.1, -0.05) is 0 Å². The van der Waals surface area contributed by atoms with E-state index in [0.29, 0.717) is 13.0 Å². The zero-order chi connectivity index (χ0) is 8.91. The van der Waals surface area contributed by atoms with Crippen LogP contribution in [0, 0.1) is 0 Å². The van der Waals surface area contributed by atoms with E-state index in [1.807, 2.05) is 0 Å². The maximum absolute atomic E-state index is 10.7. The number of sulfone groups is 1. The fourth-order valence-corrected chi connectivity index (χ4v) is 1.37. The maximum Gasteiger partial charge on any atom is 0.147 e. The molecule has 0 aliphatic rings. The molecule has 1 unspecified atom stereocenters. The summed E-state index contributed by atoms with van der Waals surface area (Å²) in [7, 11) is -1.35. The second kappa shape index (κ2) is 6.65. The van der Waals surface area contributed by atoms with Crippen LogP contribution in [0.3, 0.4) is 0 Å². The topological polar surface area (TPSA) is 69.4 Å². The molecule has 4 nitrogen and oxygen atoms in total. The van der Waals surface area contributed by atoms with Crippen LogP contribution in [0.15, 0.2) is 0 Å². The predicted octanol–water partition coefficient (Wildman–Crippen LogP) is -0.183. The van der Waals surface area contributed by atoms with Gasteiger partial charge in [-0.05, 0) is 6.42 Å². The number of halogens is 1. The van der Waals surface area contributed by atoms with Crippen molar-refractivity contribution >= 4 is 22.2 Å². The van der Waals surface area contributed by atoms with E-state index in [4.69, 9.17) is 10.5 Å². The molecule has 0 amide bonds. The van der Waals surface area contributed by atoms with Gasteiger partial charge in [0, 0.05) is 19.9 Å². The van der Waals surface area contributed by atoms with E-state index in [9.17, 15) is 8.42 Å². The molecule has 0 heterocycles. The first-order valence-electron chi connectivity index (χ1n) is 3.40. The van der Waals surface area contributed by atoms with Gasteiger partial charge in [0.25, 0.3) is 0 Å². The zero-order valence-electron chi connectivity index (χ0n) is 7.32. The van der Waals surface area contributed by atoms with Crippen molar-refractivity contribution in [1.82, 2.24) is 0 Å². The molecule has 6 heteroatoms. The smallest absolute Gasteiger partial charge is 0.147 e. The molecule has 2 N–H and O–H groups in total. The van der Waals surface area contributed by atoms with E-state index in [1.54, 1.807) is 0 Å². The summed E-state index contributed by atoms with van der Waals surface area (Å²) in [5.74, 6) is 0.142. The molecule has 0 aromatic rings. The van der Waals surface area contributed by atoms with Crippen LogP contribution in [0.5, 0.6) is 0 Å². The van der Waals surface area contributed by atoms with Crippen molar-refractivity contribution < 1.29 is 13.2 Å². The van der Waals surface area contributed by atoms with E-state index in [0.717, 1.165) is 0 Å². The minimum atomic E-state index is -2.87. The molecule has 0 aromatic carbocycles. The fraction of sp³-hybridized carbons (Fsp3) is 1.00. The molecule has 0 rings (SSSR count). The summed E-state index contributed by atoms with van der Waals surface area (Å²) in [5.41, 5.74) is 5.29. The monoisotopic (exact) mass is 217 g/mol. The number of hydrogen-bond acceptors (Lipinski definition) is 4. The summed E-state index contributed by atoms with van der Waals surface area (Å²) < 4.78 is 26.2. The first-order chi connectivity index (χ1) is 4.99. The highest BCUT2D eigenvalue weighted by molar-refractivity contribution is 7.90. The highest BCUT2D eigenvalue weighted by Gasteiger charge is 2.08. The molecule has 0 aliphatic carbocycles. The summed E-state index contributed by atoms with van der Waals surface area (Å²) in [4.78, 5) is 0. The van der Waals surface area contributed by atoms with Crippen molar-refractivity contribution in [3.63, 3.8) is 0 Å². The number of nitrogens with two attached hydrogens (primary N) is 1. The fourth-order valence-electron chi connectivity index (χ4n) is 0.677. The summed E-state index contributed by atoms with van der Waals surface area (Å²) in [6.07, 6.45) is 1.55. The summed E-state index contributed by atoms with van der Waals surface area (Å²) >= 11 is 0. The Morgan fingerprint density at radius 2 is 2.00 bits per heavy atom. The van der Waals surface area contributed by atoms with Crippen LogP contribution in [0.25, 0.3) is 0 Å². The third kappa shape index (κ3) is 8.26. The Hall–Kier alpha value is 0.160. The first kappa shape index (κ1) is 14.7. The number of rotatable bonds is 5. The Morgan fingerprint density at radius 1 is 1.50 bits per heavy atom. The Morgan fingerprint density at radius 3 is 2.25 bits per heavy atom. The number of hydrogen-bond donors (Lipinski definition) is 1. The van der Waals surface area contributed by atoms with Crippen molar-refractivity contribution in [1.29, 1.82) is 0 Å². The first-order valence-corrected chi connectivity index (χ1v) is 5.46. The molecule has 0 aromatic heterocycles. The van der Waals surface area contributed by atoms with Crippen LogP contribution in [0.1, 0.15) is 6.42 Å². The van der Waals surface area contributed by atoms with Gasteiger partial charge in [0.15, 0.2) is 0 Å². The second-order valence-corrected chi connectivity index (χ2v) is 4.77. The van der Waals surface area contributed by atoms with Crippen LogP contribution >= 0.6 is 12.4 Å². The second-order valence-electron chi connectivity index (χ2n) is 2.51. The maximum atomic E-state index is 10.7. The lowest BCUT2D eigenvalue weighted by atomic mass is 10.3. The lowest BCUT2D eigenvalue weighted by Crippen LogP contribution is -2.24. The molecule has 12 heavy (non-hydrogen) atoms. The van der Waals surface area contributed by atoms with Crippen molar-refractivity contribution in [2.45, 2.75) is 12.5 Å². The van der Waals surface area contributed by atoms with Crippen LogP contribution in [-0.4, -0.2) is 40.2 Å². The molecular weight excluding hydrogens is 202 g/mol. The van der Waals surface area contributed by atoms with Gasteiger partial charge < -0.3 is 10.5 Å². The quantitative estimate of drug-likeness (QED) is 0.694. The summed E-state index contributed by atoms with van der Waals surface area (Å²) in [6.45, 7) is 0.367. The minimum Gasteiger partial charge on any atom is -0.380 e. The van der Waals surface area contributed by atoms with Gasteiger partial charge in [0.2, 0.25) is 0 Å². The molecule has 0 radical (unpaired) electrons. The lowest BCUT2D eigenvalue weighted by molar-refractivity contribution is 0.107. The van der Waals surface area contributed by atoms with Crippen LogP contribution < -0.4 is 5.73 Å². The van der Waals surface area contributed by atoms with Gasteiger partial charge >= 0.3 is 0 Å². The summed E-state index contributed by atoms with van der Waals surface area (Å²) in [5, 5.41) is 0. The van der Waals surface area contributed by atoms with Crippen molar-refractivity contribution in [2.24, 2.45) is 5.73 Å². The van der Waals surface area contributed by atoms with Crippen LogP contribution in [0.4, 0.5) is 0 Å². The van der Waals surface area contributed by atoms with Gasteiger partial charge in [-0.25, -0.2) is 8.42 Å². The Balaban J connectivity index is 0. The molecule has 76 valence electrons. The SMILES string of the molecule is COC(CN)CCS(C)(=O)=O.Cl. The van der Waals surface area contributed by atoms with Gasteiger partial charge in [-0.15, -0.1) is 12.4 Å². The van der Waals surface area contributed by atoms with Gasteiger partial charge in [-0.3, -0.25) is 0 Å². The predicted molar refractivity (Wildman–Crippen MR) is 51.4 cm³/mol. The van der Waals surface area contributed by atoms with E-state index in [1.165, 1.54) is 13.4 Å². The number of ether oxygens (including phenoxy) is 1. The molecule has 0 aliphatic heterocycles. The third-order valence-electron chi connectivity index (χ3n) is 1.41. The van der Waals surface area contributed by atoms with E-state index < -0.39 is 9.84 Å². The Labute approximate surface area is 79.8 Å². The minimum absolute atomic E-state index is 0. The lowest BCUT2D eigenvalue weighted by Gasteiger charge is -2.10. The van der Waals surface area contributed by atoms with Gasteiger partial charge in [0.1, 0.15) is 9.84 Å². The van der Waals surface area contributed by atoms with E-state index in [2.05, 4.69) is 0 Å². The van der Waals surface area contributed by atoms with Gasteiger partial charge in [0.05, 0.1) is 11.9 Å². The van der Waals surface area contributed by atoms with Crippen molar-refractivity contribution in [3.8, 4) is 0 Å². The molecule has 0 fully saturated rings. The molecule has 0 saturated heterocycles. The Kier molecular flexibility index (Phi) is 8.13. The molecule has 1 atom stereocenters. The third-order valence-corrected chi connectivity index (χ3v) is 2.38.